The number of hydrogen-bond acceptors (Lipinski definition) is 5. The lowest BCUT2D eigenvalue weighted by Gasteiger charge is -2.22. The summed E-state index contributed by atoms with van der Waals surface area (Å²) in [7, 11) is 0. The van der Waals surface area contributed by atoms with Gasteiger partial charge in [0.15, 0.2) is 0 Å². The number of non-ortho nitro benzene ring substituents is 1. The van der Waals surface area contributed by atoms with Crippen LogP contribution < -0.4 is 15.5 Å². The van der Waals surface area contributed by atoms with Crippen molar-refractivity contribution in [3.05, 3.63) is 106 Å². The van der Waals surface area contributed by atoms with Crippen LogP contribution in [0.2, 0.25) is 0 Å². The fraction of sp³-hybridized carbons (Fsp3) is 0.172. The van der Waals surface area contributed by atoms with E-state index in [9.17, 15) is 10.1 Å². The highest BCUT2D eigenvalue weighted by Gasteiger charge is 2.25. The molecule has 0 radical (unpaired) electrons. The van der Waals surface area contributed by atoms with E-state index in [0.29, 0.717) is 6.42 Å². The van der Waals surface area contributed by atoms with E-state index in [1.807, 2.05) is 36.4 Å². The van der Waals surface area contributed by atoms with Gasteiger partial charge >= 0.3 is 0 Å². The van der Waals surface area contributed by atoms with E-state index < -0.39 is 0 Å². The highest BCUT2D eigenvalue weighted by atomic mass is 16.6. The Balaban J connectivity index is 1.54. The van der Waals surface area contributed by atoms with Crippen LogP contribution in [0.3, 0.4) is 0 Å². The average Bonchev–Trinajstić information content (AvgIpc) is 3.26. The SMILES string of the molecule is CCN(CC)c1ccc(Nc2ccc3c(c2Nc2ccccc2)Cc2ccc([N+](=O)[O-])cc2-3)cc1. The molecule has 6 heteroatoms. The maximum Gasteiger partial charge on any atom is 0.270 e. The lowest BCUT2D eigenvalue weighted by atomic mass is 10.0. The first kappa shape index (κ1) is 22.5. The molecule has 4 aromatic carbocycles. The third-order valence-corrected chi connectivity index (χ3v) is 6.59. The highest BCUT2D eigenvalue weighted by molar-refractivity contribution is 5.91. The molecule has 0 aliphatic heterocycles. The topological polar surface area (TPSA) is 70.4 Å². The minimum atomic E-state index is -0.334. The quantitative estimate of drug-likeness (QED) is 0.184. The molecule has 0 spiro atoms. The van der Waals surface area contributed by atoms with E-state index in [1.165, 1.54) is 5.69 Å². The van der Waals surface area contributed by atoms with Gasteiger partial charge in [-0.3, -0.25) is 10.1 Å². The van der Waals surface area contributed by atoms with Crippen LogP contribution in [-0.4, -0.2) is 18.0 Å². The summed E-state index contributed by atoms with van der Waals surface area (Å²) < 4.78 is 0. The van der Waals surface area contributed by atoms with Gasteiger partial charge in [-0.15, -0.1) is 0 Å². The van der Waals surface area contributed by atoms with Gasteiger partial charge in [0.05, 0.1) is 16.3 Å². The van der Waals surface area contributed by atoms with Crippen LogP contribution >= 0.6 is 0 Å². The van der Waals surface area contributed by atoms with Gasteiger partial charge in [0.25, 0.3) is 5.69 Å². The van der Waals surface area contributed by atoms with Crippen LogP contribution in [0, 0.1) is 10.1 Å². The molecule has 2 N–H and O–H groups in total. The standard InChI is InChI=1S/C29H28N4O2/c1-3-32(4-2)23-14-11-22(12-15-23)30-28-17-16-25-26-19-24(33(34)35)13-10-20(26)18-27(25)29(28)31-21-8-6-5-7-9-21/h5-17,19,30-31H,3-4,18H2,1-2H3. The molecule has 35 heavy (non-hydrogen) atoms. The van der Waals surface area contributed by atoms with Crippen molar-refractivity contribution in [3.8, 4) is 11.1 Å². The maximum atomic E-state index is 11.4. The number of hydrogen-bond donors (Lipinski definition) is 2. The molecular formula is C29H28N4O2. The summed E-state index contributed by atoms with van der Waals surface area (Å²) in [5.74, 6) is 0. The van der Waals surface area contributed by atoms with Crippen molar-refractivity contribution in [1.29, 1.82) is 0 Å². The zero-order valence-corrected chi connectivity index (χ0v) is 19.9. The number of benzene rings is 4. The van der Waals surface area contributed by atoms with Gasteiger partial charge < -0.3 is 15.5 Å². The summed E-state index contributed by atoms with van der Waals surface area (Å²) >= 11 is 0. The molecule has 0 heterocycles. The third-order valence-electron chi connectivity index (χ3n) is 6.59. The molecule has 5 rings (SSSR count). The molecule has 0 atom stereocenters. The second-order valence-corrected chi connectivity index (χ2v) is 8.62. The number of nitrogens with one attached hydrogen (secondary N) is 2. The Bertz CT molecular complexity index is 1360. The van der Waals surface area contributed by atoms with Gasteiger partial charge in [-0.1, -0.05) is 30.3 Å². The van der Waals surface area contributed by atoms with Gasteiger partial charge in [-0.05, 0) is 78.6 Å². The minimum absolute atomic E-state index is 0.115. The summed E-state index contributed by atoms with van der Waals surface area (Å²) in [6, 6.07) is 27.8. The fourth-order valence-corrected chi connectivity index (χ4v) is 4.77. The van der Waals surface area contributed by atoms with Gasteiger partial charge in [0.2, 0.25) is 0 Å². The molecule has 0 saturated heterocycles. The Hall–Kier alpha value is -4.32. The monoisotopic (exact) mass is 464 g/mol. The third kappa shape index (κ3) is 4.43. The number of nitrogens with zero attached hydrogens (tertiary/aromatic N) is 2. The Morgan fingerprint density at radius 2 is 1.54 bits per heavy atom. The first-order valence-electron chi connectivity index (χ1n) is 11.9. The predicted molar refractivity (Wildman–Crippen MR) is 144 cm³/mol. The fourth-order valence-electron chi connectivity index (χ4n) is 4.77. The number of anilines is 5. The van der Waals surface area contributed by atoms with Crippen LogP contribution in [0.5, 0.6) is 0 Å². The Labute approximate surface area is 205 Å². The number of nitro benzene ring substituents is 1. The second kappa shape index (κ2) is 9.50. The summed E-state index contributed by atoms with van der Waals surface area (Å²) in [5, 5.41) is 18.6. The van der Waals surface area contributed by atoms with Crippen LogP contribution in [0.4, 0.5) is 34.1 Å². The second-order valence-electron chi connectivity index (χ2n) is 8.62. The summed E-state index contributed by atoms with van der Waals surface area (Å²) in [4.78, 5) is 13.3. The number of para-hydroxylation sites is 1. The zero-order chi connectivity index (χ0) is 24.4. The molecule has 0 unspecified atom stereocenters. The number of fused-ring (bicyclic) bond motifs is 3. The van der Waals surface area contributed by atoms with Gasteiger partial charge in [0, 0.05) is 48.7 Å². The molecule has 0 bridgehead atoms. The number of nitro groups is 1. The van der Waals surface area contributed by atoms with Crippen molar-refractivity contribution in [2.45, 2.75) is 20.3 Å². The molecule has 0 amide bonds. The van der Waals surface area contributed by atoms with Gasteiger partial charge in [-0.2, -0.15) is 0 Å². The van der Waals surface area contributed by atoms with E-state index in [4.69, 9.17) is 0 Å². The van der Waals surface area contributed by atoms with Crippen molar-refractivity contribution in [2.75, 3.05) is 28.6 Å². The molecule has 4 aromatic rings. The molecule has 1 aliphatic rings. The van der Waals surface area contributed by atoms with E-state index in [-0.39, 0.29) is 10.6 Å². The largest absolute Gasteiger partial charge is 0.372 e. The Kier molecular flexibility index (Phi) is 6.10. The normalized spacial score (nSPS) is 11.5. The van der Waals surface area contributed by atoms with E-state index in [1.54, 1.807) is 12.1 Å². The lowest BCUT2D eigenvalue weighted by Crippen LogP contribution is -2.21. The maximum absolute atomic E-state index is 11.4. The van der Waals surface area contributed by atoms with Crippen molar-refractivity contribution in [1.82, 2.24) is 0 Å². The first-order valence-corrected chi connectivity index (χ1v) is 11.9. The zero-order valence-electron chi connectivity index (χ0n) is 19.9. The molecule has 1 aliphatic carbocycles. The smallest absolute Gasteiger partial charge is 0.270 e. The van der Waals surface area contributed by atoms with E-state index in [0.717, 1.165) is 58.1 Å². The summed E-state index contributed by atoms with van der Waals surface area (Å²) in [6.07, 6.45) is 0.717. The van der Waals surface area contributed by atoms with Crippen LogP contribution in [-0.2, 0) is 6.42 Å². The summed E-state index contributed by atoms with van der Waals surface area (Å²) in [6.45, 7) is 6.26. The predicted octanol–water partition coefficient (Wildman–Crippen LogP) is 7.50. The average molecular weight is 465 g/mol. The highest BCUT2D eigenvalue weighted by Crippen LogP contribution is 2.46. The number of rotatable bonds is 8. The Morgan fingerprint density at radius 1 is 0.829 bits per heavy atom. The molecule has 0 aromatic heterocycles. The van der Waals surface area contributed by atoms with Crippen molar-refractivity contribution in [2.24, 2.45) is 0 Å². The van der Waals surface area contributed by atoms with E-state index in [2.05, 4.69) is 65.8 Å². The van der Waals surface area contributed by atoms with Gasteiger partial charge in [-0.25, -0.2) is 0 Å². The van der Waals surface area contributed by atoms with Crippen LogP contribution in [0.15, 0.2) is 84.9 Å². The molecule has 0 saturated carbocycles. The Morgan fingerprint density at radius 3 is 2.23 bits per heavy atom. The van der Waals surface area contributed by atoms with E-state index >= 15 is 0 Å². The molecule has 6 nitrogen and oxygen atoms in total. The van der Waals surface area contributed by atoms with Crippen molar-refractivity contribution >= 4 is 34.1 Å². The molecular weight excluding hydrogens is 436 g/mol. The lowest BCUT2D eigenvalue weighted by molar-refractivity contribution is -0.384. The minimum Gasteiger partial charge on any atom is -0.372 e. The first-order chi connectivity index (χ1) is 17.1. The summed E-state index contributed by atoms with van der Waals surface area (Å²) in [5.41, 5.74) is 9.46. The molecule has 176 valence electrons. The van der Waals surface area contributed by atoms with Crippen molar-refractivity contribution < 1.29 is 4.92 Å². The van der Waals surface area contributed by atoms with Crippen LogP contribution in [0.25, 0.3) is 11.1 Å². The van der Waals surface area contributed by atoms with Crippen LogP contribution in [0.1, 0.15) is 25.0 Å². The van der Waals surface area contributed by atoms with Crippen molar-refractivity contribution in [3.63, 3.8) is 0 Å². The molecule has 0 fully saturated rings. The van der Waals surface area contributed by atoms with Gasteiger partial charge in [0.1, 0.15) is 0 Å².